The molecule has 0 bridgehead atoms. The van der Waals surface area contributed by atoms with Crippen molar-refractivity contribution < 1.29 is 9.59 Å². The molecule has 182 valence electrons. The molecule has 1 saturated heterocycles. The number of nitrogens with zero attached hydrogens (tertiary/aromatic N) is 6. The summed E-state index contributed by atoms with van der Waals surface area (Å²) in [5.41, 5.74) is 8.04. The Morgan fingerprint density at radius 1 is 1.14 bits per heavy atom. The minimum Gasteiger partial charge on any atom is -0.364 e. The number of carbonyl (C=O) groups is 2. The molecule has 1 aliphatic carbocycles. The number of pyridine rings is 1. The number of aryl methyl sites for hydroxylation is 1. The lowest BCUT2D eigenvalue weighted by Crippen LogP contribution is -2.44. The molecule has 0 radical (unpaired) electrons. The van der Waals surface area contributed by atoms with Gasteiger partial charge in [-0.05, 0) is 56.1 Å². The summed E-state index contributed by atoms with van der Waals surface area (Å²) in [6, 6.07) is 3.98. The number of nitrogens with two attached hydrogens (primary N) is 1. The Labute approximate surface area is 204 Å². The fraction of sp³-hybridized carbons (Fsp3) is 0.440. The summed E-state index contributed by atoms with van der Waals surface area (Å²) >= 11 is 0. The fourth-order valence-corrected chi connectivity index (χ4v) is 4.80. The number of rotatable bonds is 8. The summed E-state index contributed by atoms with van der Waals surface area (Å²) in [6.45, 7) is 2.90. The maximum absolute atomic E-state index is 13.0. The molecule has 1 saturated carbocycles. The number of hydrogen-bond donors (Lipinski definition) is 2. The van der Waals surface area contributed by atoms with E-state index in [0.717, 1.165) is 19.4 Å². The van der Waals surface area contributed by atoms with Crippen LogP contribution in [0.15, 0.2) is 36.9 Å². The van der Waals surface area contributed by atoms with Crippen molar-refractivity contribution in [1.82, 2.24) is 24.7 Å². The second-order valence-corrected chi connectivity index (χ2v) is 9.53. The highest BCUT2D eigenvalue weighted by molar-refractivity contribution is 5.96. The number of amides is 1. The summed E-state index contributed by atoms with van der Waals surface area (Å²) in [7, 11) is 1.80. The number of primary amides is 1. The van der Waals surface area contributed by atoms with Gasteiger partial charge in [-0.25, -0.2) is 9.97 Å². The Kier molecular flexibility index (Phi) is 6.19. The average molecular weight is 475 g/mol. The van der Waals surface area contributed by atoms with Crippen LogP contribution in [0.5, 0.6) is 0 Å². The number of anilines is 3. The predicted octanol–water partition coefficient (Wildman–Crippen LogP) is 3.20. The SMILES string of the molecule is C[C@@H]1[C@H](CC(=O)c2ccc(C3CC3)cn2)CCCN1c1cnc(C(N)=O)c(Nc2cnn(C)c2)n1. The van der Waals surface area contributed by atoms with Gasteiger partial charge in [-0.2, -0.15) is 5.10 Å². The molecule has 3 aromatic heterocycles. The highest BCUT2D eigenvalue weighted by Gasteiger charge is 2.32. The molecule has 0 spiro atoms. The molecule has 2 atom stereocenters. The van der Waals surface area contributed by atoms with Gasteiger partial charge in [-0.3, -0.25) is 19.3 Å². The van der Waals surface area contributed by atoms with Crippen molar-refractivity contribution in [1.29, 1.82) is 0 Å². The van der Waals surface area contributed by atoms with Crippen molar-refractivity contribution >= 4 is 29.0 Å². The normalized spacial score (nSPS) is 20.0. The van der Waals surface area contributed by atoms with Crippen LogP contribution in [0.2, 0.25) is 0 Å². The molecule has 3 aromatic rings. The quantitative estimate of drug-likeness (QED) is 0.476. The standard InChI is InChI=1S/C25H30N8O2/c1-15-17(10-21(34)20-8-7-18(11-27-20)16-5-6-16)4-3-9-33(15)22-13-28-23(24(26)35)25(31-22)30-19-12-29-32(2)14-19/h7-8,11-17H,3-6,9-10H2,1-2H3,(H2,26,35)(H,30,31)/t15-,17+/m1/s1. The van der Waals surface area contributed by atoms with E-state index < -0.39 is 5.91 Å². The number of hydrogen-bond acceptors (Lipinski definition) is 8. The molecular weight excluding hydrogens is 444 g/mol. The fourth-order valence-electron chi connectivity index (χ4n) is 4.80. The molecule has 5 rings (SSSR count). The highest BCUT2D eigenvalue weighted by Crippen LogP contribution is 2.39. The van der Waals surface area contributed by atoms with E-state index in [1.807, 2.05) is 18.3 Å². The largest absolute Gasteiger partial charge is 0.364 e. The van der Waals surface area contributed by atoms with Crippen molar-refractivity contribution in [2.24, 2.45) is 18.7 Å². The molecule has 35 heavy (non-hydrogen) atoms. The van der Waals surface area contributed by atoms with Crippen LogP contribution in [0.3, 0.4) is 0 Å². The Morgan fingerprint density at radius 2 is 1.97 bits per heavy atom. The molecule has 4 heterocycles. The second-order valence-electron chi connectivity index (χ2n) is 9.53. The van der Waals surface area contributed by atoms with Crippen LogP contribution in [0.1, 0.15) is 71.5 Å². The highest BCUT2D eigenvalue weighted by atomic mass is 16.1. The van der Waals surface area contributed by atoms with Gasteiger partial charge in [0.2, 0.25) is 0 Å². The molecule has 2 fully saturated rings. The van der Waals surface area contributed by atoms with Gasteiger partial charge in [-0.1, -0.05) is 6.07 Å². The molecular formula is C25H30N8O2. The zero-order valence-electron chi connectivity index (χ0n) is 20.0. The van der Waals surface area contributed by atoms with Crippen LogP contribution in [-0.2, 0) is 7.05 Å². The van der Waals surface area contributed by atoms with E-state index in [4.69, 9.17) is 10.7 Å². The zero-order chi connectivity index (χ0) is 24.5. The van der Waals surface area contributed by atoms with E-state index in [1.54, 1.807) is 30.3 Å². The Hall–Kier alpha value is -3.82. The maximum Gasteiger partial charge on any atom is 0.271 e. The molecule has 3 N–H and O–H groups in total. The van der Waals surface area contributed by atoms with Gasteiger partial charge in [0, 0.05) is 38.4 Å². The van der Waals surface area contributed by atoms with Gasteiger partial charge >= 0.3 is 0 Å². The summed E-state index contributed by atoms with van der Waals surface area (Å²) in [4.78, 5) is 40.5. The Morgan fingerprint density at radius 3 is 2.63 bits per heavy atom. The van der Waals surface area contributed by atoms with Gasteiger partial charge in [-0.15, -0.1) is 0 Å². The van der Waals surface area contributed by atoms with Gasteiger partial charge < -0.3 is 16.0 Å². The third-order valence-corrected chi connectivity index (χ3v) is 6.97. The lowest BCUT2D eigenvalue weighted by Gasteiger charge is -2.40. The van der Waals surface area contributed by atoms with Crippen LogP contribution in [0.4, 0.5) is 17.3 Å². The minimum atomic E-state index is -0.661. The van der Waals surface area contributed by atoms with Crippen molar-refractivity contribution in [3.8, 4) is 0 Å². The third kappa shape index (κ3) is 5.01. The first-order valence-electron chi connectivity index (χ1n) is 12.1. The lowest BCUT2D eigenvalue weighted by molar-refractivity contribution is 0.0940. The Bertz CT molecular complexity index is 1230. The molecule has 1 aliphatic heterocycles. The average Bonchev–Trinajstić information content (AvgIpc) is 3.62. The number of aromatic nitrogens is 5. The number of piperidine rings is 1. The summed E-state index contributed by atoms with van der Waals surface area (Å²) in [6.07, 6.45) is 11.6. The summed E-state index contributed by atoms with van der Waals surface area (Å²) < 4.78 is 1.65. The predicted molar refractivity (Wildman–Crippen MR) is 132 cm³/mol. The van der Waals surface area contributed by atoms with E-state index in [1.165, 1.54) is 18.4 Å². The molecule has 10 heteroatoms. The Balaban J connectivity index is 1.32. The first kappa shape index (κ1) is 22.9. The van der Waals surface area contributed by atoms with E-state index in [0.29, 0.717) is 29.5 Å². The van der Waals surface area contributed by atoms with Crippen LogP contribution in [0.25, 0.3) is 0 Å². The summed E-state index contributed by atoms with van der Waals surface area (Å²) in [5, 5.41) is 7.24. The van der Waals surface area contributed by atoms with Crippen LogP contribution < -0.4 is 16.0 Å². The molecule has 2 aliphatic rings. The number of carbonyl (C=O) groups excluding carboxylic acids is 2. The monoisotopic (exact) mass is 474 g/mol. The van der Waals surface area contributed by atoms with Gasteiger partial charge in [0.05, 0.1) is 18.1 Å². The molecule has 1 amide bonds. The van der Waals surface area contributed by atoms with Crippen LogP contribution in [-0.4, -0.2) is 49.0 Å². The molecule has 10 nitrogen and oxygen atoms in total. The topological polar surface area (TPSA) is 132 Å². The van der Waals surface area contributed by atoms with E-state index in [2.05, 4.69) is 32.2 Å². The zero-order valence-corrected chi connectivity index (χ0v) is 20.0. The summed E-state index contributed by atoms with van der Waals surface area (Å²) in [5.74, 6) is 1.11. The van der Waals surface area contributed by atoms with Gasteiger partial charge in [0.15, 0.2) is 17.3 Å². The third-order valence-electron chi connectivity index (χ3n) is 6.97. The number of nitrogens with one attached hydrogen (secondary N) is 1. The number of ketones is 1. The van der Waals surface area contributed by atoms with Crippen LogP contribution >= 0.6 is 0 Å². The smallest absolute Gasteiger partial charge is 0.271 e. The number of Topliss-reactive ketones (excluding diaryl/α,β-unsaturated/α-hetero) is 1. The van der Waals surface area contributed by atoms with Crippen molar-refractivity contribution in [3.05, 3.63) is 53.9 Å². The maximum atomic E-state index is 13.0. The second kappa shape index (κ2) is 9.44. The van der Waals surface area contributed by atoms with E-state index in [-0.39, 0.29) is 29.3 Å². The van der Waals surface area contributed by atoms with E-state index in [9.17, 15) is 9.59 Å². The van der Waals surface area contributed by atoms with Gasteiger partial charge in [0.25, 0.3) is 5.91 Å². The molecule has 0 aromatic carbocycles. The molecule has 0 unspecified atom stereocenters. The first-order chi connectivity index (χ1) is 16.9. The lowest BCUT2D eigenvalue weighted by atomic mass is 9.85. The van der Waals surface area contributed by atoms with Gasteiger partial charge in [0.1, 0.15) is 11.5 Å². The van der Waals surface area contributed by atoms with Crippen molar-refractivity contribution in [2.45, 2.75) is 51.0 Å². The van der Waals surface area contributed by atoms with E-state index >= 15 is 0 Å². The van der Waals surface area contributed by atoms with Crippen LogP contribution in [0, 0.1) is 5.92 Å². The first-order valence-corrected chi connectivity index (χ1v) is 12.1. The van der Waals surface area contributed by atoms with Crippen molar-refractivity contribution in [2.75, 3.05) is 16.8 Å². The minimum absolute atomic E-state index is 0.0645. The van der Waals surface area contributed by atoms with Crippen molar-refractivity contribution in [3.63, 3.8) is 0 Å².